The van der Waals surface area contributed by atoms with Gasteiger partial charge >= 0.3 is 0 Å². The van der Waals surface area contributed by atoms with Gasteiger partial charge in [0.25, 0.3) is 0 Å². The monoisotopic (exact) mass is 882 g/mol. The summed E-state index contributed by atoms with van der Waals surface area (Å²) < 4.78 is 5.11. The van der Waals surface area contributed by atoms with Crippen LogP contribution in [-0.2, 0) is 5.41 Å². The van der Waals surface area contributed by atoms with E-state index in [1.165, 1.54) is 91.7 Å². The van der Waals surface area contributed by atoms with Gasteiger partial charge in [-0.05, 0) is 123 Å². The fraction of sp³-hybridized carbons (Fsp3) is 0.0154. The van der Waals surface area contributed by atoms with Crippen LogP contribution in [0, 0.1) is 0 Å². The van der Waals surface area contributed by atoms with E-state index in [0.717, 1.165) is 28.3 Å². The molecule has 11 aromatic carbocycles. The molecule has 68 heavy (non-hydrogen) atoms. The zero-order chi connectivity index (χ0) is 44.8. The van der Waals surface area contributed by atoms with Crippen LogP contribution in [0.5, 0.6) is 0 Å². The third-order valence-electron chi connectivity index (χ3n) is 14.4. The van der Waals surface area contributed by atoms with Crippen molar-refractivity contribution < 1.29 is 0 Å². The molecule has 2 aromatic heterocycles. The van der Waals surface area contributed by atoms with Crippen LogP contribution < -0.4 is 4.90 Å². The summed E-state index contributed by atoms with van der Waals surface area (Å²) in [4.78, 5) is 2.48. The van der Waals surface area contributed by atoms with E-state index in [1.807, 2.05) is 11.3 Å². The molecular weight excluding hydrogens is 841 g/mol. The Morgan fingerprint density at radius 1 is 0.353 bits per heavy atom. The second-order valence-electron chi connectivity index (χ2n) is 18.0. The van der Waals surface area contributed by atoms with Crippen LogP contribution in [0.3, 0.4) is 0 Å². The lowest BCUT2D eigenvalue weighted by atomic mass is 9.68. The van der Waals surface area contributed by atoms with E-state index in [4.69, 9.17) is 0 Å². The van der Waals surface area contributed by atoms with Gasteiger partial charge in [-0.1, -0.05) is 182 Å². The van der Waals surface area contributed by atoms with Gasteiger partial charge in [0.15, 0.2) is 0 Å². The summed E-state index contributed by atoms with van der Waals surface area (Å²) >= 11 is 1.87. The minimum atomic E-state index is -0.477. The molecule has 0 unspecified atom stereocenters. The Morgan fingerprint density at radius 2 is 0.926 bits per heavy atom. The molecule has 0 atom stereocenters. The molecule has 1 aliphatic rings. The Morgan fingerprint density at radius 3 is 1.68 bits per heavy atom. The van der Waals surface area contributed by atoms with Gasteiger partial charge in [0, 0.05) is 53.4 Å². The lowest BCUT2D eigenvalue weighted by Gasteiger charge is -2.34. The van der Waals surface area contributed by atoms with Crippen molar-refractivity contribution in [2.75, 3.05) is 4.90 Å². The molecule has 0 spiro atoms. The highest BCUT2D eigenvalue weighted by atomic mass is 32.1. The van der Waals surface area contributed by atoms with Crippen molar-refractivity contribution in [1.82, 2.24) is 4.57 Å². The normalized spacial score (nSPS) is 12.8. The van der Waals surface area contributed by atoms with E-state index in [9.17, 15) is 0 Å². The first-order valence-corrected chi connectivity index (χ1v) is 24.2. The molecule has 0 amide bonds. The quantitative estimate of drug-likeness (QED) is 0.155. The lowest BCUT2D eigenvalue weighted by Crippen LogP contribution is -2.28. The maximum Gasteiger partial charge on any atom is 0.0713 e. The third-order valence-corrected chi connectivity index (χ3v) is 15.6. The zero-order valence-corrected chi connectivity index (χ0v) is 37.9. The number of fused-ring (bicyclic) bond motifs is 11. The van der Waals surface area contributed by atoms with Crippen LogP contribution in [0.2, 0.25) is 0 Å². The van der Waals surface area contributed by atoms with Gasteiger partial charge < -0.3 is 9.47 Å². The van der Waals surface area contributed by atoms with Crippen molar-refractivity contribution in [3.63, 3.8) is 0 Å². The zero-order valence-electron chi connectivity index (χ0n) is 37.1. The highest BCUT2D eigenvalue weighted by molar-refractivity contribution is 7.25. The van der Waals surface area contributed by atoms with Crippen molar-refractivity contribution in [2.24, 2.45) is 0 Å². The van der Waals surface area contributed by atoms with Crippen molar-refractivity contribution in [3.8, 4) is 27.9 Å². The SMILES string of the molecule is c1ccc(N(c2ccc3c(c2)-c2ccccc2C3(c2ccccc2)c2ccccc2)c2cc3c(c4ccccc24)c2cc(-c4ccc5sc6ccccc6c5c4)ccc2n3-c2ccccc2)cc1. The second kappa shape index (κ2) is 15.3. The summed E-state index contributed by atoms with van der Waals surface area (Å²) in [5.74, 6) is 0. The van der Waals surface area contributed by atoms with E-state index < -0.39 is 5.41 Å². The number of aromatic nitrogens is 1. The largest absolute Gasteiger partial charge is 0.310 e. The van der Waals surface area contributed by atoms with E-state index >= 15 is 0 Å². The molecule has 2 heterocycles. The maximum absolute atomic E-state index is 2.48. The Kier molecular flexibility index (Phi) is 8.71. The van der Waals surface area contributed by atoms with Crippen LogP contribution in [0.25, 0.3) is 80.7 Å². The van der Waals surface area contributed by atoms with Gasteiger partial charge in [0.05, 0.1) is 22.1 Å². The molecule has 13 aromatic rings. The van der Waals surface area contributed by atoms with Crippen molar-refractivity contribution in [2.45, 2.75) is 5.41 Å². The highest BCUT2D eigenvalue weighted by Gasteiger charge is 2.46. The van der Waals surface area contributed by atoms with Crippen LogP contribution in [0.15, 0.2) is 255 Å². The van der Waals surface area contributed by atoms with E-state index in [0.29, 0.717) is 0 Å². The molecule has 0 bridgehead atoms. The van der Waals surface area contributed by atoms with Gasteiger partial charge in [-0.25, -0.2) is 0 Å². The molecule has 3 heteroatoms. The smallest absolute Gasteiger partial charge is 0.0713 e. The predicted molar refractivity (Wildman–Crippen MR) is 289 cm³/mol. The third kappa shape index (κ3) is 5.70. The average molecular weight is 883 g/mol. The fourth-order valence-electron chi connectivity index (χ4n) is 11.6. The molecule has 14 rings (SSSR count). The number of hydrogen-bond acceptors (Lipinski definition) is 2. The lowest BCUT2D eigenvalue weighted by molar-refractivity contribution is 0.768. The predicted octanol–water partition coefficient (Wildman–Crippen LogP) is 17.8. The molecule has 0 N–H and O–H groups in total. The standard InChI is InChI=1S/C65H42N2S/c1-5-19-45(20-6-1)65(46-21-7-2-8-22-46)57-31-17-15-27-50(57)54-41-49(35-36-58(54)65)66(47-23-9-3-10-24-47)60-42-61-64(53-30-14-13-28-51(53)60)56-40-43(33-37-59(56)67(61)48-25-11-4-12-26-48)44-34-38-63-55(39-44)52-29-16-18-32-62(52)68-63/h1-42H. The van der Waals surface area contributed by atoms with Gasteiger partial charge in [0.2, 0.25) is 0 Å². The van der Waals surface area contributed by atoms with E-state index in [-0.39, 0.29) is 0 Å². The van der Waals surface area contributed by atoms with Crippen LogP contribution in [0.1, 0.15) is 22.3 Å². The molecule has 318 valence electrons. The molecule has 0 fully saturated rings. The molecule has 0 saturated heterocycles. The van der Waals surface area contributed by atoms with Gasteiger partial charge in [0.1, 0.15) is 0 Å². The number of hydrogen-bond donors (Lipinski definition) is 0. The topological polar surface area (TPSA) is 8.17 Å². The number of anilines is 3. The fourth-order valence-corrected chi connectivity index (χ4v) is 12.7. The summed E-state index contributed by atoms with van der Waals surface area (Å²) in [6.07, 6.45) is 0. The highest BCUT2D eigenvalue weighted by Crippen LogP contribution is 2.57. The summed E-state index contributed by atoms with van der Waals surface area (Å²) in [5, 5.41) is 7.52. The molecule has 2 nitrogen and oxygen atoms in total. The first kappa shape index (κ1) is 38.7. The minimum Gasteiger partial charge on any atom is -0.310 e. The van der Waals surface area contributed by atoms with Crippen molar-refractivity contribution in [3.05, 3.63) is 277 Å². The summed E-state index contributed by atoms with van der Waals surface area (Å²) in [6, 6.07) is 94.4. The van der Waals surface area contributed by atoms with Gasteiger partial charge in [-0.15, -0.1) is 11.3 Å². The van der Waals surface area contributed by atoms with Crippen LogP contribution >= 0.6 is 11.3 Å². The Labute approximate surface area is 398 Å². The molecular formula is C65H42N2S. The van der Waals surface area contributed by atoms with Crippen molar-refractivity contribution >= 4 is 81.1 Å². The van der Waals surface area contributed by atoms with E-state index in [1.54, 1.807) is 0 Å². The Bertz CT molecular complexity index is 4040. The average Bonchev–Trinajstić information content (AvgIpc) is 4.05. The number of thiophene rings is 1. The first-order chi connectivity index (χ1) is 33.7. The number of rotatable bonds is 7. The van der Waals surface area contributed by atoms with Gasteiger partial charge in [-0.3, -0.25) is 0 Å². The molecule has 0 saturated carbocycles. The second-order valence-corrected chi connectivity index (χ2v) is 19.1. The molecule has 0 aliphatic heterocycles. The van der Waals surface area contributed by atoms with Crippen LogP contribution in [0.4, 0.5) is 17.1 Å². The Hall–Kier alpha value is -8.50. The summed E-state index contributed by atoms with van der Waals surface area (Å²) in [6.45, 7) is 0. The van der Waals surface area contributed by atoms with Crippen LogP contribution in [-0.4, -0.2) is 4.57 Å². The maximum atomic E-state index is 2.48. The minimum absolute atomic E-state index is 0.477. The summed E-state index contributed by atoms with van der Waals surface area (Å²) in [5.41, 5.74) is 16.4. The first-order valence-electron chi connectivity index (χ1n) is 23.4. The van der Waals surface area contributed by atoms with Crippen molar-refractivity contribution in [1.29, 1.82) is 0 Å². The summed E-state index contributed by atoms with van der Waals surface area (Å²) in [7, 11) is 0. The van der Waals surface area contributed by atoms with E-state index in [2.05, 4.69) is 264 Å². The molecule has 0 radical (unpaired) electrons. The number of benzene rings is 11. The molecule has 1 aliphatic carbocycles. The number of nitrogens with zero attached hydrogens (tertiary/aromatic N) is 2. The Balaban J connectivity index is 1.03. The number of para-hydroxylation sites is 2. The van der Waals surface area contributed by atoms with Gasteiger partial charge in [-0.2, -0.15) is 0 Å².